The first kappa shape index (κ1) is 20.3. The molecule has 8 heteroatoms. The number of oxazole rings is 1. The summed E-state index contributed by atoms with van der Waals surface area (Å²) in [5.74, 6) is 0.970. The van der Waals surface area contributed by atoms with E-state index in [1.54, 1.807) is 18.2 Å². The lowest BCUT2D eigenvalue weighted by Crippen LogP contribution is -2.28. The zero-order chi connectivity index (χ0) is 20.8. The third-order valence-electron chi connectivity index (χ3n) is 5.58. The molecule has 1 aromatic carbocycles. The van der Waals surface area contributed by atoms with Crippen LogP contribution in [0.2, 0.25) is 0 Å². The Morgan fingerprint density at radius 3 is 2.93 bits per heavy atom. The van der Waals surface area contributed by atoms with Crippen LogP contribution in [0.3, 0.4) is 0 Å². The molecular weight excluding hydrogens is 382 g/mol. The quantitative estimate of drug-likeness (QED) is 0.492. The van der Waals surface area contributed by atoms with Crippen LogP contribution >= 0.6 is 0 Å². The standard InChI is InChI=1S/C22H27N5O3/c28-21(16-4-5-18-19(14-16)30-22(29)27-18)25-10-1-2-17-9-13-24-20(26-17)6-3-15-7-11-23-12-8-15/h4-5,9,13-15,23H,1-3,6-8,10-12H2,(H,25,28)(H,27,29). The highest BCUT2D eigenvalue weighted by molar-refractivity contribution is 5.96. The van der Waals surface area contributed by atoms with E-state index in [0.29, 0.717) is 23.2 Å². The van der Waals surface area contributed by atoms with Gasteiger partial charge >= 0.3 is 5.76 Å². The zero-order valence-corrected chi connectivity index (χ0v) is 16.9. The van der Waals surface area contributed by atoms with E-state index in [4.69, 9.17) is 4.42 Å². The van der Waals surface area contributed by atoms with Gasteiger partial charge in [-0.25, -0.2) is 14.8 Å². The Hall–Kier alpha value is -3.00. The van der Waals surface area contributed by atoms with Gasteiger partial charge in [0.15, 0.2) is 5.58 Å². The molecular formula is C22H27N5O3. The number of piperidine rings is 1. The molecule has 3 N–H and O–H groups in total. The summed E-state index contributed by atoms with van der Waals surface area (Å²) >= 11 is 0. The van der Waals surface area contributed by atoms with Crippen molar-refractivity contribution in [1.82, 2.24) is 25.6 Å². The summed E-state index contributed by atoms with van der Waals surface area (Å²) in [7, 11) is 0. The minimum Gasteiger partial charge on any atom is -0.408 e. The fourth-order valence-electron chi connectivity index (χ4n) is 3.86. The van der Waals surface area contributed by atoms with Gasteiger partial charge in [-0.15, -0.1) is 0 Å². The van der Waals surface area contributed by atoms with Crippen molar-refractivity contribution < 1.29 is 9.21 Å². The maximum atomic E-state index is 12.3. The molecule has 0 aliphatic carbocycles. The van der Waals surface area contributed by atoms with Crippen LogP contribution in [0.1, 0.15) is 47.6 Å². The summed E-state index contributed by atoms with van der Waals surface area (Å²) in [5.41, 5.74) is 2.43. The number of aromatic amines is 1. The van der Waals surface area contributed by atoms with Crippen molar-refractivity contribution in [2.75, 3.05) is 19.6 Å². The van der Waals surface area contributed by atoms with Gasteiger partial charge in [0.25, 0.3) is 5.91 Å². The average Bonchev–Trinajstić information content (AvgIpc) is 3.15. The van der Waals surface area contributed by atoms with Crippen molar-refractivity contribution in [3.05, 3.63) is 58.1 Å². The first-order valence-corrected chi connectivity index (χ1v) is 10.6. The van der Waals surface area contributed by atoms with Crippen molar-refractivity contribution in [2.45, 2.75) is 38.5 Å². The van der Waals surface area contributed by atoms with Gasteiger partial charge in [-0.3, -0.25) is 9.78 Å². The fraction of sp³-hybridized carbons (Fsp3) is 0.455. The molecule has 0 unspecified atom stereocenters. The van der Waals surface area contributed by atoms with Crippen molar-refractivity contribution in [3.8, 4) is 0 Å². The van der Waals surface area contributed by atoms with Crippen LogP contribution in [0.4, 0.5) is 0 Å². The van der Waals surface area contributed by atoms with E-state index in [9.17, 15) is 9.59 Å². The summed E-state index contributed by atoms with van der Waals surface area (Å²) in [6, 6.07) is 6.85. The van der Waals surface area contributed by atoms with Gasteiger partial charge in [0.05, 0.1) is 5.52 Å². The van der Waals surface area contributed by atoms with Crippen molar-refractivity contribution in [1.29, 1.82) is 0 Å². The molecule has 3 aromatic rings. The lowest BCUT2D eigenvalue weighted by Gasteiger charge is -2.22. The van der Waals surface area contributed by atoms with E-state index >= 15 is 0 Å². The minimum absolute atomic E-state index is 0.189. The third kappa shape index (κ3) is 5.33. The van der Waals surface area contributed by atoms with E-state index in [2.05, 4.69) is 25.6 Å². The zero-order valence-electron chi connectivity index (χ0n) is 16.9. The lowest BCUT2D eigenvalue weighted by molar-refractivity contribution is 0.0953. The molecule has 3 heterocycles. The van der Waals surface area contributed by atoms with Crippen LogP contribution in [0.5, 0.6) is 0 Å². The fourth-order valence-corrected chi connectivity index (χ4v) is 3.86. The normalized spacial score (nSPS) is 14.8. The monoisotopic (exact) mass is 409 g/mol. The highest BCUT2D eigenvalue weighted by Crippen LogP contribution is 2.17. The Bertz CT molecular complexity index is 1050. The molecule has 0 atom stereocenters. The van der Waals surface area contributed by atoms with E-state index in [1.807, 2.05) is 12.3 Å². The minimum atomic E-state index is -0.525. The van der Waals surface area contributed by atoms with Crippen LogP contribution in [-0.4, -0.2) is 40.5 Å². The predicted octanol–water partition coefficient (Wildman–Crippen LogP) is 2.21. The first-order valence-electron chi connectivity index (χ1n) is 10.6. The SMILES string of the molecule is O=C(NCCCc1ccnc(CCC2CCNCC2)n1)c1ccc2[nH]c(=O)oc2c1. The number of hydrogen-bond acceptors (Lipinski definition) is 6. The Morgan fingerprint density at radius 1 is 1.20 bits per heavy atom. The smallest absolute Gasteiger partial charge is 0.408 e. The molecule has 1 aliphatic rings. The Labute approximate surface area is 174 Å². The molecule has 0 saturated carbocycles. The number of nitrogens with one attached hydrogen (secondary N) is 3. The lowest BCUT2D eigenvalue weighted by atomic mass is 9.93. The largest absolute Gasteiger partial charge is 0.417 e. The molecule has 0 bridgehead atoms. The molecule has 0 radical (unpaired) electrons. The second-order valence-corrected chi connectivity index (χ2v) is 7.78. The van der Waals surface area contributed by atoms with Crippen molar-refractivity contribution >= 4 is 17.0 Å². The number of fused-ring (bicyclic) bond motifs is 1. The van der Waals surface area contributed by atoms with Crippen LogP contribution in [0.15, 0.2) is 39.7 Å². The molecule has 1 saturated heterocycles. The van der Waals surface area contributed by atoms with E-state index in [1.165, 1.54) is 12.8 Å². The molecule has 1 aliphatic heterocycles. The highest BCUT2D eigenvalue weighted by Gasteiger charge is 2.13. The Balaban J connectivity index is 1.22. The molecule has 1 amide bonds. The van der Waals surface area contributed by atoms with Gasteiger partial charge in [-0.2, -0.15) is 0 Å². The summed E-state index contributed by atoms with van der Waals surface area (Å²) in [6.07, 6.45) is 7.95. The predicted molar refractivity (Wildman–Crippen MR) is 113 cm³/mol. The number of aromatic nitrogens is 3. The number of carbonyl (C=O) groups excluding carboxylic acids is 1. The average molecular weight is 409 g/mol. The molecule has 2 aromatic heterocycles. The van der Waals surface area contributed by atoms with Gasteiger partial charge < -0.3 is 15.1 Å². The maximum absolute atomic E-state index is 12.3. The molecule has 8 nitrogen and oxygen atoms in total. The number of aryl methyl sites for hydroxylation is 2. The van der Waals surface area contributed by atoms with Crippen LogP contribution in [0, 0.1) is 5.92 Å². The van der Waals surface area contributed by atoms with E-state index in [-0.39, 0.29) is 5.91 Å². The molecule has 4 rings (SSSR count). The number of H-pyrrole nitrogens is 1. The highest BCUT2D eigenvalue weighted by atomic mass is 16.4. The van der Waals surface area contributed by atoms with Crippen LogP contribution in [-0.2, 0) is 12.8 Å². The van der Waals surface area contributed by atoms with Crippen LogP contribution in [0.25, 0.3) is 11.1 Å². The summed E-state index contributed by atoms with van der Waals surface area (Å²) in [4.78, 5) is 35.2. The van der Waals surface area contributed by atoms with Crippen molar-refractivity contribution in [2.24, 2.45) is 5.92 Å². The van der Waals surface area contributed by atoms with E-state index in [0.717, 1.165) is 56.2 Å². The number of hydrogen-bond donors (Lipinski definition) is 3. The van der Waals surface area contributed by atoms with Gasteiger partial charge in [0.2, 0.25) is 0 Å². The summed E-state index contributed by atoms with van der Waals surface area (Å²) in [6.45, 7) is 2.78. The number of nitrogens with zero attached hydrogens (tertiary/aromatic N) is 2. The van der Waals surface area contributed by atoms with E-state index < -0.39 is 5.76 Å². The first-order chi connectivity index (χ1) is 14.7. The Morgan fingerprint density at radius 2 is 2.07 bits per heavy atom. The molecule has 158 valence electrons. The van der Waals surface area contributed by atoms with Gasteiger partial charge in [-0.05, 0) is 75.4 Å². The molecule has 1 fully saturated rings. The summed E-state index contributed by atoms with van der Waals surface area (Å²) in [5, 5.41) is 6.30. The van der Waals surface area contributed by atoms with Gasteiger partial charge in [-0.1, -0.05) is 0 Å². The third-order valence-corrected chi connectivity index (χ3v) is 5.58. The number of amides is 1. The van der Waals surface area contributed by atoms with Gasteiger partial charge in [0, 0.05) is 30.4 Å². The summed E-state index contributed by atoms with van der Waals surface area (Å²) < 4.78 is 5.00. The molecule has 0 spiro atoms. The van der Waals surface area contributed by atoms with Crippen molar-refractivity contribution in [3.63, 3.8) is 0 Å². The molecule has 30 heavy (non-hydrogen) atoms. The second kappa shape index (κ2) is 9.67. The number of carbonyl (C=O) groups is 1. The number of rotatable bonds is 8. The number of benzene rings is 1. The second-order valence-electron chi connectivity index (χ2n) is 7.78. The van der Waals surface area contributed by atoms with Gasteiger partial charge in [0.1, 0.15) is 5.82 Å². The topological polar surface area (TPSA) is 113 Å². The Kier molecular flexibility index (Phi) is 6.53. The maximum Gasteiger partial charge on any atom is 0.417 e. The van der Waals surface area contributed by atoms with Crippen LogP contribution < -0.4 is 16.4 Å².